The lowest BCUT2D eigenvalue weighted by Gasteiger charge is -2.38. The van der Waals surface area contributed by atoms with Crippen molar-refractivity contribution in [2.75, 3.05) is 26.7 Å². The van der Waals surface area contributed by atoms with Crippen LogP contribution in [0.3, 0.4) is 0 Å². The van der Waals surface area contributed by atoms with Gasteiger partial charge in [-0.3, -0.25) is 9.89 Å². The molecule has 1 aromatic carbocycles. The van der Waals surface area contributed by atoms with Crippen molar-refractivity contribution in [3.05, 3.63) is 47.2 Å². The number of aromatic nitrogens is 1. The quantitative estimate of drug-likeness (QED) is 0.313. The van der Waals surface area contributed by atoms with Crippen molar-refractivity contribution in [2.24, 2.45) is 10.9 Å². The number of nitrogens with one attached hydrogen (secondary N) is 2. The smallest absolute Gasteiger partial charge is 0.208 e. The summed E-state index contributed by atoms with van der Waals surface area (Å²) in [6, 6.07) is 8.47. The Morgan fingerprint density at radius 2 is 1.94 bits per heavy atom. The molecule has 2 aliphatic heterocycles. The van der Waals surface area contributed by atoms with Crippen LogP contribution in [0, 0.1) is 19.8 Å². The van der Waals surface area contributed by atoms with Crippen LogP contribution in [0.5, 0.6) is 5.75 Å². The van der Waals surface area contributed by atoms with E-state index in [0.717, 1.165) is 74.5 Å². The molecule has 1 atom stereocenters. The van der Waals surface area contributed by atoms with Gasteiger partial charge < -0.3 is 19.8 Å². The second kappa shape index (κ2) is 11.1. The van der Waals surface area contributed by atoms with Gasteiger partial charge in [0.1, 0.15) is 17.1 Å². The van der Waals surface area contributed by atoms with Crippen molar-refractivity contribution in [3.8, 4) is 5.75 Å². The number of guanidine groups is 1. The van der Waals surface area contributed by atoms with Crippen molar-refractivity contribution in [2.45, 2.75) is 65.1 Å². The maximum Gasteiger partial charge on any atom is 0.208 e. The Bertz CT molecular complexity index is 931. The summed E-state index contributed by atoms with van der Waals surface area (Å²) in [7, 11) is 1.84. The van der Waals surface area contributed by atoms with Gasteiger partial charge in [0, 0.05) is 25.6 Å². The molecule has 2 aromatic rings. The molecular formula is C25H38IN5O2. The van der Waals surface area contributed by atoms with Gasteiger partial charge in [0.05, 0.1) is 18.3 Å². The molecular weight excluding hydrogens is 529 g/mol. The average molecular weight is 568 g/mol. The van der Waals surface area contributed by atoms with Gasteiger partial charge in [0.2, 0.25) is 5.89 Å². The Labute approximate surface area is 214 Å². The maximum atomic E-state index is 6.16. The Morgan fingerprint density at radius 3 is 2.61 bits per heavy atom. The number of benzene rings is 1. The molecule has 4 rings (SSSR count). The molecule has 182 valence electrons. The number of aryl methyl sites for hydroxylation is 2. The first-order valence-electron chi connectivity index (χ1n) is 11.7. The van der Waals surface area contributed by atoms with E-state index in [9.17, 15) is 0 Å². The highest BCUT2D eigenvalue weighted by Crippen LogP contribution is 2.39. The fourth-order valence-electron chi connectivity index (χ4n) is 4.68. The zero-order valence-corrected chi connectivity index (χ0v) is 22.8. The molecule has 0 radical (unpaired) electrons. The zero-order valence-electron chi connectivity index (χ0n) is 20.5. The summed E-state index contributed by atoms with van der Waals surface area (Å²) < 4.78 is 11.9. The number of ether oxygens (including phenoxy) is 1. The van der Waals surface area contributed by atoms with Crippen LogP contribution in [0.4, 0.5) is 0 Å². The van der Waals surface area contributed by atoms with Crippen LogP contribution in [0.2, 0.25) is 0 Å². The Balaban J connectivity index is 0.00000306. The minimum absolute atomic E-state index is 0. The van der Waals surface area contributed by atoms with E-state index in [1.165, 1.54) is 5.56 Å². The molecule has 0 spiro atoms. The van der Waals surface area contributed by atoms with Crippen molar-refractivity contribution in [1.82, 2.24) is 20.5 Å². The van der Waals surface area contributed by atoms with Gasteiger partial charge in [-0.15, -0.1) is 24.0 Å². The SMILES string of the molecule is CN=C(NCC1CCN(Cc2nc(C)c(C)o2)CC1)NC1CC(C)(C)Oc2ccccc21.I. The largest absolute Gasteiger partial charge is 0.487 e. The molecule has 3 heterocycles. The van der Waals surface area contributed by atoms with Gasteiger partial charge in [-0.25, -0.2) is 4.98 Å². The van der Waals surface area contributed by atoms with E-state index in [1.54, 1.807) is 0 Å². The molecule has 1 aromatic heterocycles. The molecule has 33 heavy (non-hydrogen) atoms. The molecule has 2 aliphatic rings. The summed E-state index contributed by atoms with van der Waals surface area (Å²) in [5.41, 5.74) is 1.98. The van der Waals surface area contributed by atoms with Crippen LogP contribution >= 0.6 is 24.0 Å². The highest BCUT2D eigenvalue weighted by atomic mass is 127. The Hall–Kier alpha value is -1.81. The first-order chi connectivity index (χ1) is 15.3. The van der Waals surface area contributed by atoms with E-state index in [0.29, 0.717) is 5.92 Å². The van der Waals surface area contributed by atoms with E-state index in [-0.39, 0.29) is 35.6 Å². The van der Waals surface area contributed by atoms with Crippen molar-refractivity contribution >= 4 is 29.9 Å². The van der Waals surface area contributed by atoms with Gasteiger partial charge in [-0.1, -0.05) is 18.2 Å². The second-order valence-electron chi connectivity index (χ2n) is 9.72. The van der Waals surface area contributed by atoms with Gasteiger partial charge in [0.25, 0.3) is 0 Å². The molecule has 1 saturated heterocycles. The van der Waals surface area contributed by atoms with Crippen molar-refractivity contribution < 1.29 is 9.15 Å². The number of halogens is 1. The van der Waals surface area contributed by atoms with Crippen LogP contribution in [0.25, 0.3) is 0 Å². The van der Waals surface area contributed by atoms with Crippen LogP contribution in [0.1, 0.15) is 62.1 Å². The number of hydrogen-bond acceptors (Lipinski definition) is 5. The van der Waals surface area contributed by atoms with Gasteiger partial charge in [-0.05, 0) is 65.6 Å². The summed E-state index contributed by atoms with van der Waals surface area (Å²) in [5, 5.41) is 7.20. The van der Waals surface area contributed by atoms with Crippen LogP contribution in [-0.2, 0) is 6.54 Å². The molecule has 1 unspecified atom stereocenters. The summed E-state index contributed by atoms with van der Waals surface area (Å²) in [5.74, 6) is 4.21. The van der Waals surface area contributed by atoms with Crippen molar-refractivity contribution in [3.63, 3.8) is 0 Å². The lowest BCUT2D eigenvalue weighted by Crippen LogP contribution is -2.47. The number of fused-ring (bicyclic) bond motifs is 1. The standard InChI is InChI=1S/C25H37N5O2.HI/c1-17-18(2)31-23(28-17)16-30-12-10-19(11-13-30)15-27-24(26-5)29-21-14-25(3,4)32-22-9-7-6-8-20(21)22;/h6-9,19,21H,10-16H2,1-5H3,(H2,26,27,29);1H. The highest BCUT2D eigenvalue weighted by molar-refractivity contribution is 14.0. The number of piperidine rings is 1. The number of para-hydroxylation sites is 1. The minimum atomic E-state index is -0.211. The van der Waals surface area contributed by atoms with E-state index in [1.807, 2.05) is 27.0 Å². The first kappa shape index (κ1) is 25.8. The van der Waals surface area contributed by atoms with E-state index in [4.69, 9.17) is 9.15 Å². The number of oxazole rings is 1. The van der Waals surface area contributed by atoms with Crippen LogP contribution < -0.4 is 15.4 Å². The van der Waals surface area contributed by atoms with Gasteiger partial charge in [0.15, 0.2) is 5.96 Å². The number of rotatable bonds is 5. The van der Waals surface area contributed by atoms with Crippen LogP contribution in [-0.4, -0.2) is 48.1 Å². The maximum absolute atomic E-state index is 6.16. The highest BCUT2D eigenvalue weighted by Gasteiger charge is 2.34. The summed E-state index contributed by atoms with van der Waals surface area (Å²) in [6.45, 7) is 12.1. The molecule has 0 bridgehead atoms. The summed E-state index contributed by atoms with van der Waals surface area (Å²) in [6.07, 6.45) is 3.22. The molecule has 7 nitrogen and oxygen atoms in total. The zero-order chi connectivity index (χ0) is 22.7. The third kappa shape index (κ3) is 6.62. The number of nitrogens with zero attached hydrogens (tertiary/aromatic N) is 3. The summed E-state index contributed by atoms with van der Waals surface area (Å²) in [4.78, 5) is 11.5. The summed E-state index contributed by atoms with van der Waals surface area (Å²) >= 11 is 0. The number of hydrogen-bond donors (Lipinski definition) is 2. The third-order valence-corrected chi connectivity index (χ3v) is 6.61. The average Bonchev–Trinajstić information content (AvgIpc) is 3.08. The fourth-order valence-corrected chi connectivity index (χ4v) is 4.68. The van der Waals surface area contributed by atoms with E-state index < -0.39 is 0 Å². The molecule has 2 N–H and O–H groups in total. The topological polar surface area (TPSA) is 74.9 Å². The van der Waals surface area contributed by atoms with Gasteiger partial charge >= 0.3 is 0 Å². The Morgan fingerprint density at radius 1 is 1.21 bits per heavy atom. The Kier molecular flexibility index (Phi) is 8.66. The van der Waals surface area contributed by atoms with Crippen molar-refractivity contribution in [1.29, 1.82) is 0 Å². The number of aliphatic imine (C=N–C) groups is 1. The van der Waals surface area contributed by atoms with E-state index >= 15 is 0 Å². The molecule has 0 amide bonds. The second-order valence-corrected chi connectivity index (χ2v) is 9.72. The molecule has 0 saturated carbocycles. The predicted molar refractivity (Wildman–Crippen MR) is 142 cm³/mol. The van der Waals surface area contributed by atoms with Crippen LogP contribution in [0.15, 0.2) is 33.7 Å². The third-order valence-electron chi connectivity index (χ3n) is 6.61. The predicted octanol–water partition coefficient (Wildman–Crippen LogP) is 4.59. The monoisotopic (exact) mass is 567 g/mol. The lowest BCUT2D eigenvalue weighted by atomic mass is 9.90. The molecule has 0 aliphatic carbocycles. The lowest BCUT2D eigenvalue weighted by molar-refractivity contribution is 0.0693. The fraction of sp³-hybridized carbons (Fsp3) is 0.600. The minimum Gasteiger partial charge on any atom is -0.487 e. The van der Waals surface area contributed by atoms with E-state index in [2.05, 4.69) is 57.6 Å². The van der Waals surface area contributed by atoms with Gasteiger partial charge in [-0.2, -0.15) is 0 Å². The normalized spacial score (nSPS) is 21.0. The number of likely N-dealkylation sites (tertiary alicyclic amines) is 1. The molecule has 1 fully saturated rings. The first-order valence-corrected chi connectivity index (χ1v) is 11.7. The molecule has 8 heteroatoms.